The van der Waals surface area contributed by atoms with E-state index >= 15 is 0 Å². The number of nitrogens with zero attached hydrogens (tertiary/aromatic N) is 1. The van der Waals surface area contributed by atoms with E-state index in [0.29, 0.717) is 12.5 Å². The molecule has 0 saturated carbocycles. The fraction of sp³-hybridized carbons (Fsp3) is 0.400. The van der Waals surface area contributed by atoms with Gasteiger partial charge in [-0.2, -0.15) is 0 Å². The predicted molar refractivity (Wildman–Crippen MR) is 72.5 cm³/mol. The van der Waals surface area contributed by atoms with E-state index in [9.17, 15) is 4.79 Å². The molecule has 1 aliphatic rings. The van der Waals surface area contributed by atoms with Crippen LogP contribution in [0.1, 0.15) is 12.0 Å². The summed E-state index contributed by atoms with van der Waals surface area (Å²) in [6.07, 6.45) is 1.46. The van der Waals surface area contributed by atoms with E-state index in [0.717, 1.165) is 32.3 Å². The molecule has 2 rings (SSSR count). The molecule has 1 heterocycles. The number of benzene rings is 1. The van der Waals surface area contributed by atoms with Gasteiger partial charge in [-0.3, -0.25) is 4.90 Å². The SMILES string of the molecule is C=COC(=O)OCC1CCN(Cc2ccccc2)C1. The number of carbonyl (C=O) groups excluding carboxylic acids is 1. The zero-order valence-corrected chi connectivity index (χ0v) is 11.0. The van der Waals surface area contributed by atoms with Gasteiger partial charge in [-0.25, -0.2) is 4.79 Å². The summed E-state index contributed by atoms with van der Waals surface area (Å²) >= 11 is 0. The van der Waals surface area contributed by atoms with Crippen molar-refractivity contribution in [3.05, 3.63) is 48.7 Å². The van der Waals surface area contributed by atoms with Gasteiger partial charge in [0.15, 0.2) is 0 Å². The van der Waals surface area contributed by atoms with Crippen molar-refractivity contribution < 1.29 is 14.3 Å². The van der Waals surface area contributed by atoms with Crippen LogP contribution in [-0.4, -0.2) is 30.8 Å². The van der Waals surface area contributed by atoms with Gasteiger partial charge in [-0.05, 0) is 18.5 Å². The third kappa shape index (κ3) is 4.41. The minimum absolute atomic E-state index is 0.390. The van der Waals surface area contributed by atoms with E-state index in [2.05, 4.69) is 40.5 Å². The molecule has 102 valence electrons. The molecule has 0 N–H and O–H groups in total. The van der Waals surface area contributed by atoms with Crippen molar-refractivity contribution in [1.82, 2.24) is 4.90 Å². The van der Waals surface area contributed by atoms with Crippen molar-refractivity contribution in [2.24, 2.45) is 5.92 Å². The molecule has 0 aromatic heterocycles. The van der Waals surface area contributed by atoms with E-state index < -0.39 is 6.16 Å². The Balaban J connectivity index is 1.71. The first-order valence-corrected chi connectivity index (χ1v) is 6.48. The first kappa shape index (κ1) is 13.6. The van der Waals surface area contributed by atoms with E-state index in [-0.39, 0.29) is 0 Å². The van der Waals surface area contributed by atoms with Crippen LogP contribution in [0.3, 0.4) is 0 Å². The van der Waals surface area contributed by atoms with Crippen LogP contribution < -0.4 is 0 Å². The van der Waals surface area contributed by atoms with Crippen molar-refractivity contribution in [3.63, 3.8) is 0 Å². The summed E-state index contributed by atoms with van der Waals surface area (Å²) in [7, 11) is 0. The van der Waals surface area contributed by atoms with Crippen LogP contribution in [0, 0.1) is 5.92 Å². The van der Waals surface area contributed by atoms with Crippen molar-refractivity contribution >= 4 is 6.16 Å². The maximum atomic E-state index is 11.0. The first-order valence-electron chi connectivity index (χ1n) is 6.48. The Hall–Kier alpha value is -1.81. The lowest BCUT2D eigenvalue weighted by Crippen LogP contribution is -2.22. The second-order valence-corrected chi connectivity index (χ2v) is 4.72. The highest BCUT2D eigenvalue weighted by Gasteiger charge is 2.23. The molecule has 1 unspecified atom stereocenters. The third-order valence-electron chi connectivity index (χ3n) is 3.24. The minimum atomic E-state index is -0.670. The maximum absolute atomic E-state index is 11.0. The Morgan fingerprint density at radius 1 is 1.42 bits per heavy atom. The van der Waals surface area contributed by atoms with Crippen LogP contribution in [0.25, 0.3) is 0 Å². The van der Waals surface area contributed by atoms with Crippen molar-refractivity contribution in [2.75, 3.05) is 19.7 Å². The molecule has 1 aliphatic heterocycles. The zero-order chi connectivity index (χ0) is 13.5. The lowest BCUT2D eigenvalue weighted by atomic mass is 10.1. The summed E-state index contributed by atoms with van der Waals surface area (Å²) in [4.78, 5) is 13.4. The van der Waals surface area contributed by atoms with Gasteiger partial charge in [-0.15, -0.1) is 0 Å². The van der Waals surface area contributed by atoms with Crippen LogP contribution >= 0.6 is 0 Å². The van der Waals surface area contributed by atoms with Crippen molar-refractivity contribution in [3.8, 4) is 0 Å². The summed E-state index contributed by atoms with van der Waals surface area (Å²) < 4.78 is 9.52. The van der Waals surface area contributed by atoms with Crippen LogP contribution in [-0.2, 0) is 16.0 Å². The van der Waals surface area contributed by atoms with Crippen LogP contribution in [0.5, 0.6) is 0 Å². The second kappa shape index (κ2) is 6.95. The molecule has 0 bridgehead atoms. The predicted octanol–water partition coefficient (Wildman–Crippen LogP) is 2.81. The van der Waals surface area contributed by atoms with Gasteiger partial charge in [0.2, 0.25) is 0 Å². The summed E-state index contributed by atoms with van der Waals surface area (Å²) in [5.74, 6) is 0.390. The molecule has 1 aromatic rings. The molecule has 4 heteroatoms. The summed E-state index contributed by atoms with van der Waals surface area (Å²) in [6, 6.07) is 10.4. The largest absolute Gasteiger partial charge is 0.513 e. The van der Waals surface area contributed by atoms with Gasteiger partial charge in [0, 0.05) is 19.0 Å². The fourth-order valence-corrected chi connectivity index (χ4v) is 2.32. The molecule has 4 nitrogen and oxygen atoms in total. The molecular weight excluding hydrogens is 242 g/mol. The molecule has 0 amide bonds. The van der Waals surface area contributed by atoms with Gasteiger partial charge >= 0.3 is 6.16 Å². The standard InChI is InChI=1S/C15H19NO3/c1-2-18-15(17)19-12-14-8-9-16(11-14)10-13-6-4-3-5-7-13/h2-7,14H,1,8-12H2. The maximum Gasteiger partial charge on any atom is 0.513 e. The van der Waals surface area contributed by atoms with Crippen LogP contribution in [0.15, 0.2) is 43.2 Å². The van der Waals surface area contributed by atoms with Crippen LogP contribution in [0.4, 0.5) is 4.79 Å². The monoisotopic (exact) mass is 261 g/mol. The third-order valence-corrected chi connectivity index (χ3v) is 3.24. The molecule has 0 spiro atoms. The molecule has 0 radical (unpaired) electrons. The molecule has 1 atom stereocenters. The van der Waals surface area contributed by atoms with Gasteiger partial charge in [0.05, 0.1) is 12.9 Å². The van der Waals surface area contributed by atoms with Gasteiger partial charge < -0.3 is 9.47 Å². The fourth-order valence-electron chi connectivity index (χ4n) is 2.32. The van der Waals surface area contributed by atoms with Crippen molar-refractivity contribution in [1.29, 1.82) is 0 Å². The topological polar surface area (TPSA) is 38.8 Å². The molecule has 1 fully saturated rings. The number of rotatable bonds is 5. The lowest BCUT2D eigenvalue weighted by molar-refractivity contribution is 0.0717. The summed E-state index contributed by atoms with van der Waals surface area (Å²) in [5, 5.41) is 0. The number of likely N-dealkylation sites (tertiary alicyclic amines) is 1. The molecule has 19 heavy (non-hydrogen) atoms. The Kier molecular flexibility index (Phi) is 4.98. The first-order chi connectivity index (χ1) is 9.28. The van der Waals surface area contributed by atoms with E-state index in [1.165, 1.54) is 5.56 Å². The van der Waals surface area contributed by atoms with Crippen molar-refractivity contribution in [2.45, 2.75) is 13.0 Å². The van der Waals surface area contributed by atoms with Gasteiger partial charge in [0.1, 0.15) is 0 Å². The summed E-state index contributed by atoms with van der Waals surface area (Å²) in [5.41, 5.74) is 1.31. The number of ether oxygens (including phenoxy) is 2. The summed E-state index contributed by atoms with van der Waals surface area (Å²) in [6.45, 7) is 6.67. The van der Waals surface area contributed by atoms with Gasteiger partial charge in [-0.1, -0.05) is 36.9 Å². The van der Waals surface area contributed by atoms with Gasteiger partial charge in [0.25, 0.3) is 0 Å². The minimum Gasteiger partial charge on any atom is -0.434 e. The lowest BCUT2D eigenvalue weighted by Gasteiger charge is -2.15. The number of hydrogen-bond acceptors (Lipinski definition) is 4. The van der Waals surface area contributed by atoms with E-state index in [1.807, 2.05) is 6.07 Å². The highest BCUT2D eigenvalue weighted by molar-refractivity contribution is 5.60. The average Bonchev–Trinajstić information content (AvgIpc) is 2.86. The molecule has 0 aliphatic carbocycles. The molecule has 1 saturated heterocycles. The normalized spacial score (nSPS) is 19.1. The Labute approximate surface area is 113 Å². The van der Waals surface area contributed by atoms with Crippen LogP contribution in [0.2, 0.25) is 0 Å². The highest BCUT2D eigenvalue weighted by atomic mass is 16.7. The molecule has 1 aromatic carbocycles. The molecular formula is C15H19NO3. The Morgan fingerprint density at radius 2 is 2.21 bits per heavy atom. The Morgan fingerprint density at radius 3 is 2.95 bits per heavy atom. The van der Waals surface area contributed by atoms with E-state index in [1.54, 1.807) is 0 Å². The number of hydrogen-bond donors (Lipinski definition) is 0. The average molecular weight is 261 g/mol. The Bertz CT molecular complexity index is 419. The quantitative estimate of drug-likeness (QED) is 0.603. The van der Waals surface area contributed by atoms with E-state index in [4.69, 9.17) is 4.74 Å². The second-order valence-electron chi connectivity index (χ2n) is 4.72. The smallest absolute Gasteiger partial charge is 0.434 e. The zero-order valence-electron chi connectivity index (χ0n) is 11.0. The number of carbonyl (C=O) groups is 1. The highest BCUT2D eigenvalue weighted by Crippen LogP contribution is 2.19.